The first-order valence-corrected chi connectivity index (χ1v) is 5.60. The van der Waals surface area contributed by atoms with E-state index in [0.29, 0.717) is 0 Å². The van der Waals surface area contributed by atoms with Gasteiger partial charge in [0.15, 0.2) is 0 Å². The zero-order chi connectivity index (χ0) is 14.4. The first-order valence-electron chi connectivity index (χ1n) is 5.60. The number of rotatable bonds is 6. The highest BCUT2D eigenvalue weighted by Crippen LogP contribution is 2.17. The summed E-state index contributed by atoms with van der Waals surface area (Å²) in [6.07, 6.45) is -0.818. The average molecular weight is 271 g/mol. The molecule has 0 N–H and O–H groups in total. The molecule has 0 spiro atoms. The number of methoxy groups -OCH3 is 3. The van der Waals surface area contributed by atoms with Crippen molar-refractivity contribution in [2.75, 3.05) is 21.3 Å². The van der Waals surface area contributed by atoms with Crippen molar-refractivity contribution in [2.45, 2.75) is 20.0 Å². The van der Waals surface area contributed by atoms with Gasteiger partial charge in [-0.05, 0) is 0 Å². The molecule has 0 amide bonds. The Morgan fingerprint density at radius 1 is 0.947 bits per heavy atom. The zero-order valence-corrected chi connectivity index (χ0v) is 11.5. The lowest BCUT2D eigenvalue weighted by Crippen LogP contribution is -2.34. The topological polar surface area (TPSA) is 92.7 Å². The van der Waals surface area contributed by atoms with Crippen LogP contribution < -0.4 is 14.2 Å². The Hall–Kier alpha value is -2.12. The number of aromatic nitrogens is 3. The van der Waals surface area contributed by atoms with Crippen LogP contribution in [-0.2, 0) is 9.53 Å². The van der Waals surface area contributed by atoms with Gasteiger partial charge < -0.3 is 18.9 Å². The van der Waals surface area contributed by atoms with Crippen molar-refractivity contribution in [1.82, 2.24) is 15.0 Å². The minimum Gasteiger partial charge on any atom is -0.467 e. The maximum atomic E-state index is 11.6. The van der Waals surface area contributed by atoms with Crippen LogP contribution in [0.5, 0.6) is 18.0 Å². The van der Waals surface area contributed by atoms with Gasteiger partial charge in [-0.2, -0.15) is 0 Å². The Labute approximate surface area is 111 Å². The summed E-state index contributed by atoms with van der Waals surface area (Å²) in [5.41, 5.74) is 0. The second kappa shape index (κ2) is 6.72. The van der Waals surface area contributed by atoms with Crippen molar-refractivity contribution in [3.63, 3.8) is 0 Å². The number of nitrogens with zero attached hydrogens (tertiary/aromatic N) is 3. The van der Waals surface area contributed by atoms with Gasteiger partial charge in [-0.25, -0.2) is 4.79 Å². The van der Waals surface area contributed by atoms with Gasteiger partial charge in [0.2, 0.25) is 6.10 Å². The van der Waals surface area contributed by atoms with Gasteiger partial charge in [0, 0.05) is 5.92 Å². The standard InChI is InChI=1S/C11H17N3O5/c1-6(2)7(8(15)16-3)19-11-13-9(17-4)12-10(14-11)18-5/h6-7H,1-5H3. The van der Waals surface area contributed by atoms with Crippen molar-refractivity contribution in [3.05, 3.63) is 0 Å². The Morgan fingerprint density at radius 3 is 1.79 bits per heavy atom. The summed E-state index contributed by atoms with van der Waals surface area (Å²) < 4.78 is 19.9. The summed E-state index contributed by atoms with van der Waals surface area (Å²) in [5.74, 6) is -0.616. The molecule has 0 aliphatic rings. The second-order valence-corrected chi connectivity index (χ2v) is 3.90. The molecule has 0 saturated heterocycles. The molecule has 8 heteroatoms. The quantitative estimate of drug-likeness (QED) is 0.689. The van der Waals surface area contributed by atoms with Crippen molar-refractivity contribution >= 4 is 5.97 Å². The van der Waals surface area contributed by atoms with E-state index in [-0.39, 0.29) is 23.9 Å². The fourth-order valence-electron chi connectivity index (χ4n) is 1.24. The Balaban J connectivity index is 2.98. The largest absolute Gasteiger partial charge is 0.467 e. The maximum Gasteiger partial charge on any atom is 0.347 e. The molecule has 1 heterocycles. The van der Waals surface area contributed by atoms with Crippen LogP contribution in [-0.4, -0.2) is 48.4 Å². The molecule has 106 valence electrons. The van der Waals surface area contributed by atoms with E-state index in [1.54, 1.807) is 0 Å². The molecule has 19 heavy (non-hydrogen) atoms. The highest BCUT2D eigenvalue weighted by atomic mass is 16.6. The van der Waals surface area contributed by atoms with Crippen molar-refractivity contribution in [2.24, 2.45) is 5.92 Å². The molecule has 1 atom stereocenters. The molecule has 0 saturated carbocycles. The van der Waals surface area contributed by atoms with Crippen molar-refractivity contribution in [3.8, 4) is 18.0 Å². The van der Waals surface area contributed by atoms with Crippen LogP contribution in [0.3, 0.4) is 0 Å². The molecule has 1 aromatic heterocycles. The van der Waals surface area contributed by atoms with E-state index >= 15 is 0 Å². The van der Waals surface area contributed by atoms with Crippen LogP contribution in [0.1, 0.15) is 13.8 Å². The Morgan fingerprint density at radius 2 is 1.42 bits per heavy atom. The fraction of sp³-hybridized carbons (Fsp3) is 0.636. The first kappa shape index (κ1) is 14.9. The minimum absolute atomic E-state index is 0.0363. The highest BCUT2D eigenvalue weighted by molar-refractivity contribution is 5.75. The molecule has 1 unspecified atom stereocenters. The molecular formula is C11H17N3O5. The maximum absolute atomic E-state index is 11.6. The number of esters is 1. The van der Waals surface area contributed by atoms with E-state index in [2.05, 4.69) is 19.7 Å². The molecule has 0 fully saturated rings. The van der Waals surface area contributed by atoms with E-state index in [0.717, 1.165) is 0 Å². The Bertz CT molecular complexity index is 416. The number of carbonyl (C=O) groups is 1. The zero-order valence-electron chi connectivity index (χ0n) is 11.5. The summed E-state index contributed by atoms with van der Waals surface area (Å²) in [6.45, 7) is 3.63. The fourth-order valence-corrected chi connectivity index (χ4v) is 1.24. The summed E-state index contributed by atoms with van der Waals surface area (Å²) in [6, 6.07) is 0.0104. The highest BCUT2D eigenvalue weighted by Gasteiger charge is 2.26. The molecule has 1 rings (SSSR count). The van der Waals surface area contributed by atoms with Gasteiger partial charge in [-0.15, -0.1) is 15.0 Å². The lowest BCUT2D eigenvalue weighted by molar-refractivity contribution is -0.151. The number of hydrogen-bond donors (Lipinski definition) is 0. The number of hydrogen-bond acceptors (Lipinski definition) is 8. The number of carbonyl (C=O) groups excluding carboxylic acids is 1. The predicted molar refractivity (Wildman–Crippen MR) is 64.2 cm³/mol. The molecule has 1 aromatic rings. The molecule has 0 aliphatic heterocycles. The SMILES string of the molecule is COC(=O)C(Oc1nc(OC)nc(OC)n1)C(C)C. The van der Waals surface area contributed by atoms with Gasteiger partial charge in [0.05, 0.1) is 21.3 Å². The van der Waals surface area contributed by atoms with Crippen LogP contribution in [0.25, 0.3) is 0 Å². The minimum atomic E-state index is -0.818. The number of ether oxygens (including phenoxy) is 4. The third kappa shape index (κ3) is 3.94. The lowest BCUT2D eigenvalue weighted by atomic mass is 10.1. The van der Waals surface area contributed by atoms with Crippen LogP contribution in [0.2, 0.25) is 0 Å². The molecule has 8 nitrogen and oxygen atoms in total. The van der Waals surface area contributed by atoms with Crippen LogP contribution in [0.15, 0.2) is 0 Å². The summed E-state index contributed by atoms with van der Waals surface area (Å²) in [7, 11) is 4.09. The van der Waals surface area contributed by atoms with Crippen LogP contribution in [0.4, 0.5) is 0 Å². The monoisotopic (exact) mass is 271 g/mol. The first-order chi connectivity index (χ1) is 9.01. The van der Waals surface area contributed by atoms with Gasteiger partial charge >= 0.3 is 24.0 Å². The van der Waals surface area contributed by atoms with E-state index in [1.807, 2.05) is 13.8 Å². The molecule has 0 aliphatic carbocycles. The van der Waals surface area contributed by atoms with Crippen LogP contribution >= 0.6 is 0 Å². The summed E-state index contributed by atoms with van der Waals surface area (Å²) in [5, 5.41) is 0. The Kier molecular flexibility index (Phi) is 5.28. The lowest BCUT2D eigenvalue weighted by Gasteiger charge is -2.18. The molecule has 0 radical (unpaired) electrons. The predicted octanol–water partition coefficient (Wildman–Crippen LogP) is 0.465. The van der Waals surface area contributed by atoms with Gasteiger partial charge in [0.25, 0.3) is 0 Å². The third-order valence-electron chi connectivity index (χ3n) is 2.21. The van der Waals surface area contributed by atoms with Gasteiger partial charge in [0.1, 0.15) is 0 Å². The van der Waals surface area contributed by atoms with Crippen LogP contribution in [0, 0.1) is 5.92 Å². The van der Waals surface area contributed by atoms with Gasteiger partial charge in [-0.1, -0.05) is 13.8 Å². The molecule has 0 aromatic carbocycles. The molecular weight excluding hydrogens is 254 g/mol. The smallest absolute Gasteiger partial charge is 0.347 e. The van der Waals surface area contributed by atoms with Crippen molar-refractivity contribution in [1.29, 1.82) is 0 Å². The summed E-state index contributed by atoms with van der Waals surface area (Å²) in [4.78, 5) is 23.2. The normalized spacial score (nSPS) is 11.9. The van der Waals surface area contributed by atoms with E-state index in [1.165, 1.54) is 21.3 Å². The van der Waals surface area contributed by atoms with E-state index in [4.69, 9.17) is 14.2 Å². The second-order valence-electron chi connectivity index (χ2n) is 3.90. The van der Waals surface area contributed by atoms with Gasteiger partial charge in [-0.3, -0.25) is 0 Å². The third-order valence-corrected chi connectivity index (χ3v) is 2.21. The van der Waals surface area contributed by atoms with E-state index in [9.17, 15) is 4.79 Å². The average Bonchev–Trinajstić information content (AvgIpc) is 2.43. The summed E-state index contributed by atoms with van der Waals surface area (Å²) >= 11 is 0. The van der Waals surface area contributed by atoms with E-state index < -0.39 is 12.1 Å². The van der Waals surface area contributed by atoms with Crippen molar-refractivity contribution < 1.29 is 23.7 Å². The molecule has 0 bridgehead atoms.